The molecule has 1 aromatic rings. The van der Waals surface area contributed by atoms with Gasteiger partial charge in [0.25, 0.3) is 0 Å². The number of hydrogen-bond donors (Lipinski definition) is 1. The Labute approximate surface area is 127 Å². The Morgan fingerprint density at radius 1 is 1.48 bits per heavy atom. The second-order valence-electron chi connectivity index (χ2n) is 5.99. The summed E-state index contributed by atoms with van der Waals surface area (Å²) < 4.78 is 5.37. The number of benzene rings is 1. The van der Waals surface area contributed by atoms with Gasteiger partial charge < -0.3 is 15.0 Å². The lowest BCUT2D eigenvalue weighted by Crippen LogP contribution is -2.45. The van der Waals surface area contributed by atoms with Gasteiger partial charge in [-0.1, -0.05) is 24.6 Å². The summed E-state index contributed by atoms with van der Waals surface area (Å²) in [6, 6.07) is 6.20. The van der Waals surface area contributed by atoms with Crippen LogP contribution >= 0.6 is 0 Å². The normalized spacial score (nSPS) is 18.4. The van der Waals surface area contributed by atoms with Gasteiger partial charge in [-0.15, -0.1) is 0 Å². The number of nitrogens with one attached hydrogen (secondary N) is 1. The highest BCUT2D eigenvalue weighted by molar-refractivity contribution is 5.74. The van der Waals surface area contributed by atoms with E-state index in [1.54, 1.807) is 7.11 Å². The highest BCUT2D eigenvalue weighted by atomic mass is 16.5. The number of nitrogens with zero attached hydrogens (tertiary/aromatic N) is 1. The highest BCUT2D eigenvalue weighted by Crippen LogP contribution is 2.20. The Bertz CT molecular complexity index is 488. The van der Waals surface area contributed by atoms with E-state index in [4.69, 9.17) is 4.74 Å². The molecule has 4 nitrogen and oxygen atoms in total. The maximum Gasteiger partial charge on any atom is 0.317 e. The van der Waals surface area contributed by atoms with E-state index in [1.165, 1.54) is 12.0 Å². The van der Waals surface area contributed by atoms with Crippen LogP contribution in [0.15, 0.2) is 18.2 Å². The number of hydrogen-bond acceptors (Lipinski definition) is 2. The summed E-state index contributed by atoms with van der Waals surface area (Å²) in [6.45, 7) is 6.67. The quantitative estimate of drug-likeness (QED) is 0.926. The lowest BCUT2D eigenvalue weighted by atomic mass is 10.0. The summed E-state index contributed by atoms with van der Waals surface area (Å²) in [7, 11) is 1.68. The summed E-state index contributed by atoms with van der Waals surface area (Å²) in [5, 5.41) is 3.02. The van der Waals surface area contributed by atoms with Gasteiger partial charge in [-0.2, -0.15) is 0 Å². The summed E-state index contributed by atoms with van der Waals surface area (Å²) in [6.07, 6.45) is 3.13. The third-order valence-corrected chi connectivity index (χ3v) is 4.05. The Kier molecular flexibility index (Phi) is 5.48. The predicted molar refractivity (Wildman–Crippen MR) is 84.8 cm³/mol. The fraction of sp³-hybridized carbons (Fsp3) is 0.588. The van der Waals surface area contributed by atoms with E-state index < -0.39 is 0 Å². The zero-order valence-electron chi connectivity index (χ0n) is 13.3. The van der Waals surface area contributed by atoms with Gasteiger partial charge in [0, 0.05) is 19.6 Å². The molecule has 1 heterocycles. The zero-order chi connectivity index (χ0) is 15.2. The number of aryl methyl sites for hydroxylation is 1. The van der Waals surface area contributed by atoms with Crippen LogP contribution in [0.5, 0.6) is 5.75 Å². The molecule has 1 unspecified atom stereocenters. The minimum Gasteiger partial charge on any atom is -0.496 e. The maximum atomic E-state index is 12.1. The number of piperidine rings is 1. The molecule has 1 N–H and O–H groups in total. The SMILES string of the molecule is COc1ccc(C)cc1CCNC(=O)N1CCCC(C)C1. The van der Waals surface area contributed by atoms with E-state index in [2.05, 4.69) is 25.2 Å². The molecule has 0 radical (unpaired) electrons. The van der Waals surface area contributed by atoms with E-state index in [0.29, 0.717) is 12.5 Å². The van der Waals surface area contributed by atoms with Crippen molar-refractivity contribution in [1.82, 2.24) is 10.2 Å². The van der Waals surface area contributed by atoms with Crippen LogP contribution in [-0.4, -0.2) is 37.7 Å². The van der Waals surface area contributed by atoms with Crippen molar-refractivity contribution < 1.29 is 9.53 Å². The lowest BCUT2D eigenvalue weighted by molar-refractivity contribution is 0.170. The summed E-state index contributed by atoms with van der Waals surface area (Å²) in [5.74, 6) is 1.50. The fourth-order valence-electron chi connectivity index (χ4n) is 2.89. The van der Waals surface area contributed by atoms with Crippen molar-refractivity contribution in [1.29, 1.82) is 0 Å². The van der Waals surface area contributed by atoms with Crippen molar-refractivity contribution in [2.75, 3.05) is 26.7 Å². The van der Waals surface area contributed by atoms with Gasteiger partial charge in [0.1, 0.15) is 5.75 Å². The number of likely N-dealkylation sites (tertiary alicyclic amines) is 1. The molecular weight excluding hydrogens is 264 g/mol. The molecule has 116 valence electrons. The van der Waals surface area contributed by atoms with Crippen LogP contribution in [0.1, 0.15) is 30.9 Å². The smallest absolute Gasteiger partial charge is 0.317 e. The molecule has 1 saturated heterocycles. The largest absolute Gasteiger partial charge is 0.496 e. The summed E-state index contributed by atoms with van der Waals surface area (Å²) >= 11 is 0. The Balaban J connectivity index is 1.83. The molecule has 4 heteroatoms. The molecular formula is C17H26N2O2. The van der Waals surface area contributed by atoms with Crippen LogP contribution in [0.25, 0.3) is 0 Å². The molecule has 0 saturated carbocycles. The first kappa shape index (κ1) is 15.7. The Hall–Kier alpha value is -1.71. The van der Waals surface area contributed by atoms with Gasteiger partial charge in [-0.3, -0.25) is 0 Å². The standard InChI is InChI=1S/C17H26N2O2/c1-13-6-7-16(21-3)15(11-13)8-9-18-17(20)19-10-4-5-14(2)12-19/h6-7,11,14H,4-5,8-10,12H2,1-3H3,(H,18,20). The number of urea groups is 1. The van der Waals surface area contributed by atoms with E-state index in [-0.39, 0.29) is 6.03 Å². The first-order valence-corrected chi connectivity index (χ1v) is 7.76. The average molecular weight is 290 g/mol. The van der Waals surface area contributed by atoms with Crippen molar-refractivity contribution in [3.8, 4) is 5.75 Å². The van der Waals surface area contributed by atoms with E-state index in [0.717, 1.165) is 37.2 Å². The van der Waals surface area contributed by atoms with E-state index >= 15 is 0 Å². The molecule has 2 rings (SSSR count). The van der Waals surface area contributed by atoms with Gasteiger partial charge in [-0.05, 0) is 43.7 Å². The summed E-state index contributed by atoms with van der Waals surface area (Å²) in [5.41, 5.74) is 2.35. The topological polar surface area (TPSA) is 41.6 Å². The molecule has 1 fully saturated rings. The van der Waals surface area contributed by atoms with Crippen LogP contribution in [0.4, 0.5) is 4.79 Å². The maximum absolute atomic E-state index is 12.1. The van der Waals surface area contributed by atoms with Crippen molar-refractivity contribution in [3.63, 3.8) is 0 Å². The molecule has 1 atom stereocenters. The Morgan fingerprint density at radius 2 is 2.29 bits per heavy atom. The van der Waals surface area contributed by atoms with Gasteiger partial charge in [0.05, 0.1) is 7.11 Å². The summed E-state index contributed by atoms with van der Waals surface area (Å²) in [4.78, 5) is 14.1. The third kappa shape index (κ3) is 4.38. The van der Waals surface area contributed by atoms with Crippen LogP contribution in [0.3, 0.4) is 0 Å². The van der Waals surface area contributed by atoms with Crippen molar-refractivity contribution in [3.05, 3.63) is 29.3 Å². The second kappa shape index (κ2) is 7.34. The average Bonchev–Trinajstić information content (AvgIpc) is 2.47. The molecule has 0 spiro atoms. The molecule has 0 aromatic heterocycles. The molecule has 1 aliphatic rings. The number of ether oxygens (including phenoxy) is 1. The number of amides is 2. The fourth-order valence-corrected chi connectivity index (χ4v) is 2.89. The number of rotatable bonds is 4. The van der Waals surface area contributed by atoms with Gasteiger partial charge in [-0.25, -0.2) is 4.79 Å². The van der Waals surface area contributed by atoms with Crippen molar-refractivity contribution in [2.45, 2.75) is 33.1 Å². The minimum absolute atomic E-state index is 0.0631. The van der Waals surface area contributed by atoms with Crippen LogP contribution < -0.4 is 10.1 Å². The first-order chi connectivity index (χ1) is 10.1. The molecule has 21 heavy (non-hydrogen) atoms. The zero-order valence-corrected chi connectivity index (χ0v) is 13.3. The van der Waals surface area contributed by atoms with Crippen LogP contribution in [-0.2, 0) is 6.42 Å². The molecule has 1 aliphatic heterocycles. The third-order valence-electron chi connectivity index (χ3n) is 4.05. The van der Waals surface area contributed by atoms with E-state index in [1.807, 2.05) is 17.0 Å². The number of methoxy groups -OCH3 is 1. The second-order valence-corrected chi connectivity index (χ2v) is 5.99. The van der Waals surface area contributed by atoms with Crippen molar-refractivity contribution in [2.24, 2.45) is 5.92 Å². The predicted octanol–water partition coefficient (Wildman–Crippen LogP) is 2.99. The Morgan fingerprint density at radius 3 is 3.00 bits per heavy atom. The monoisotopic (exact) mass is 290 g/mol. The van der Waals surface area contributed by atoms with Crippen molar-refractivity contribution >= 4 is 6.03 Å². The van der Waals surface area contributed by atoms with E-state index in [9.17, 15) is 4.79 Å². The van der Waals surface area contributed by atoms with Crippen LogP contribution in [0, 0.1) is 12.8 Å². The highest BCUT2D eigenvalue weighted by Gasteiger charge is 2.20. The number of carbonyl (C=O) groups is 1. The number of carbonyl (C=O) groups excluding carboxylic acids is 1. The minimum atomic E-state index is 0.0631. The first-order valence-electron chi connectivity index (χ1n) is 7.76. The van der Waals surface area contributed by atoms with Gasteiger partial charge in [0.15, 0.2) is 0 Å². The molecule has 0 bridgehead atoms. The van der Waals surface area contributed by atoms with Gasteiger partial charge in [0.2, 0.25) is 0 Å². The van der Waals surface area contributed by atoms with Gasteiger partial charge >= 0.3 is 6.03 Å². The molecule has 0 aliphatic carbocycles. The molecule has 1 aromatic carbocycles. The van der Waals surface area contributed by atoms with Crippen LogP contribution in [0.2, 0.25) is 0 Å². The molecule has 2 amide bonds. The lowest BCUT2D eigenvalue weighted by Gasteiger charge is -2.31.